The van der Waals surface area contributed by atoms with Crippen LogP contribution in [0.5, 0.6) is 0 Å². The van der Waals surface area contributed by atoms with Gasteiger partial charge in [0.15, 0.2) is 0 Å². The van der Waals surface area contributed by atoms with Gasteiger partial charge in [0, 0.05) is 5.92 Å². The zero-order chi connectivity index (χ0) is 15.2. The van der Waals surface area contributed by atoms with E-state index in [2.05, 4.69) is 20.8 Å². The normalized spacial score (nSPS) is 33.0. The fraction of sp³-hybridized carbons (Fsp3) is 1.00. The minimum absolute atomic E-state index is 0.134. The zero-order valence-electron chi connectivity index (χ0n) is 13.4. The van der Waals surface area contributed by atoms with Crippen LogP contribution in [-0.2, 0) is 28.4 Å². The van der Waals surface area contributed by atoms with Crippen molar-refractivity contribution in [3.8, 4) is 0 Å². The molecular formula is C15H28O6. The van der Waals surface area contributed by atoms with Crippen molar-refractivity contribution in [2.75, 3.05) is 46.8 Å². The molecule has 2 atom stereocenters. The minimum atomic E-state index is -0.207. The molecular weight excluding hydrogens is 276 g/mol. The molecule has 0 spiro atoms. The minimum Gasteiger partial charge on any atom is -0.355 e. The van der Waals surface area contributed by atoms with E-state index in [0.717, 1.165) is 19.4 Å². The predicted molar refractivity (Wildman–Crippen MR) is 75.8 cm³/mol. The highest BCUT2D eigenvalue weighted by molar-refractivity contribution is 4.80. The third-order valence-corrected chi connectivity index (χ3v) is 4.34. The van der Waals surface area contributed by atoms with Gasteiger partial charge in [-0.15, -0.1) is 0 Å². The summed E-state index contributed by atoms with van der Waals surface area (Å²) in [7, 11) is 0. The van der Waals surface area contributed by atoms with Gasteiger partial charge in [-0.3, -0.25) is 0 Å². The lowest BCUT2D eigenvalue weighted by Gasteiger charge is -2.38. The van der Waals surface area contributed by atoms with E-state index in [9.17, 15) is 0 Å². The quantitative estimate of drug-likeness (QED) is 0.529. The Labute approximate surface area is 127 Å². The monoisotopic (exact) mass is 304 g/mol. The lowest BCUT2D eigenvalue weighted by atomic mass is 9.91. The summed E-state index contributed by atoms with van der Waals surface area (Å²) in [4.78, 5) is 0. The van der Waals surface area contributed by atoms with Gasteiger partial charge in [0.25, 0.3) is 0 Å². The summed E-state index contributed by atoms with van der Waals surface area (Å²) in [5, 5.41) is 0. The number of rotatable bonds is 7. The predicted octanol–water partition coefficient (Wildman–Crippen LogP) is 1.92. The van der Waals surface area contributed by atoms with Crippen LogP contribution in [0.3, 0.4) is 0 Å². The first kappa shape index (κ1) is 17.1. The summed E-state index contributed by atoms with van der Waals surface area (Å²) >= 11 is 0. The van der Waals surface area contributed by atoms with Crippen molar-refractivity contribution in [1.29, 1.82) is 0 Å². The van der Waals surface area contributed by atoms with Gasteiger partial charge in [-0.25, -0.2) is 0 Å². The van der Waals surface area contributed by atoms with Crippen LogP contribution in [-0.4, -0.2) is 58.0 Å². The lowest BCUT2D eigenvalue weighted by molar-refractivity contribution is -0.227. The molecule has 2 unspecified atom stereocenters. The van der Waals surface area contributed by atoms with Crippen molar-refractivity contribution in [1.82, 2.24) is 0 Å². The first-order valence-electron chi connectivity index (χ1n) is 7.61. The topological polar surface area (TPSA) is 55.4 Å². The first-order valence-corrected chi connectivity index (χ1v) is 7.61. The third-order valence-electron chi connectivity index (χ3n) is 4.34. The lowest BCUT2D eigenvalue weighted by Crippen LogP contribution is -2.45. The molecule has 21 heavy (non-hydrogen) atoms. The molecule has 0 aromatic carbocycles. The molecule has 0 radical (unpaired) electrons. The maximum absolute atomic E-state index is 5.62. The Morgan fingerprint density at radius 3 is 2.57 bits per heavy atom. The molecule has 2 fully saturated rings. The Hall–Kier alpha value is -0.240. The van der Waals surface area contributed by atoms with Gasteiger partial charge in [-0.2, -0.15) is 0 Å². The van der Waals surface area contributed by atoms with Gasteiger partial charge in [0.2, 0.25) is 0 Å². The van der Waals surface area contributed by atoms with Crippen LogP contribution in [0, 0.1) is 5.92 Å². The fourth-order valence-electron chi connectivity index (χ4n) is 2.35. The second-order valence-electron chi connectivity index (χ2n) is 6.45. The standard InChI is InChI=1S/C15H28O6/c1-14(2)13(9-19-12-20-14)8-18-10-16-6-4-15(3)5-7-17-11-21-15/h13H,4-12H2,1-3H3. The van der Waals surface area contributed by atoms with Crippen LogP contribution in [0.2, 0.25) is 0 Å². The first-order chi connectivity index (χ1) is 10.0. The molecule has 6 heteroatoms. The Kier molecular flexibility index (Phi) is 6.40. The van der Waals surface area contributed by atoms with Gasteiger partial charge in [0.05, 0.1) is 37.6 Å². The van der Waals surface area contributed by atoms with Gasteiger partial charge < -0.3 is 28.4 Å². The maximum Gasteiger partial charge on any atom is 0.147 e. The molecule has 2 aliphatic rings. The average Bonchev–Trinajstić information content (AvgIpc) is 2.44. The molecule has 0 aliphatic carbocycles. The Balaban J connectivity index is 1.53. The second-order valence-corrected chi connectivity index (χ2v) is 6.45. The van der Waals surface area contributed by atoms with Gasteiger partial charge >= 0.3 is 0 Å². The summed E-state index contributed by atoms with van der Waals surface area (Å²) in [6, 6.07) is 0. The highest BCUT2D eigenvalue weighted by Crippen LogP contribution is 2.26. The van der Waals surface area contributed by atoms with E-state index in [-0.39, 0.29) is 17.1 Å². The van der Waals surface area contributed by atoms with Crippen molar-refractivity contribution in [3.63, 3.8) is 0 Å². The SMILES string of the molecule is CC1(CCOCOCC2COCOC2(C)C)CCOCO1. The summed E-state index contributed by atoms with van der Waals surface area (Å²) < 4.78 is 32.8. The molecule has 2 heterocycles. The van der Waals surface area contributed by atoms with Crippen molar-refractivity contribution in [3.05, 3.63) is 0 Å². The Morgan fingerprint density at radius 1 is 1.05 bits per heavy atom. The van der Waals surface area contributed by atoms with Gasteiger partial charge in [0.1, 0.15) is 20.4 Å². The van der Waals surface area contributed by atoms with E-state index in [1.807, 2.05) is 0 Å². The molecule has 0 amide bonds. The Morgan fingerprint density at radius 2 is 1.86 bits per heavy atom. The molecule has 0 saturated carbocycles. The third kappa shape index (κ3) is 5.47. The van der Waals surface area contributed by atoms with Gasteiger partial charge in [-0.05, 0) is 33.6 Å². The molecule has 6 nitrogen and oxygen atoms in total. The molecule has 2 rings (SSSR count). The molecule has 0 aromatic rings. The van der Waals surface area contributed by atoms with Crippen molar-refractivity contribution < 1.29 is 28.4 Å². The van der Waals surface area contributed by atoms with Crippen molar-refractivity contribution in [2.45, 2.75) is 44.8 Å². The highest BCUT2D eigenvalue weighted by atomic mass is 16.7. The molecule has 0 bridgehead atoms. The van der Waals surface area contributed by atoms with E-state index in [1.165, 1.54) is 0 Å². The van der Waals surface area contributed by atoms with E-state index in [1.54, 1.807) is 0 Å². The zero-order valence-corrected chi connectivity index (χ0v) is 13.4. The van der Waals surface area contributed by atoms with E-state index < -0.39 is 0 Å². The summed E-state index contributed by atoms with van der Waals surface area (Å²) in [6.45, 7) is 9.88. The summed E-state index contributed by atoms with van der Waals surface area (Å²) in [5.74, 6) is 0.228. The molecule has 2 saturated heterocycles. The van der Waals surface area contributed by atoms with E-state index in [4.69, 9.17) is 28.4 Å². The van der Waals surface area contributed by atoms with E-state index in [0.29, 0.717) is 40.2 Å². The number of hydrogen-bond donors (Lipinski definition) is 0. The highest BCUT2D eigenvalue weighted by Gasteiger charge is 2.34. The molecule has 2 aliphatic heterocycles. The fourth-order valence-corrected chi connectivity index (χ4v) is 2.35. The van der Waals surface area contributed by atoms with E-state index >= 15 is 0 Å². The van der Waals surface area contributed by atoms with Crippen molar-refractivity contribution in [2.24, 2.45) is 5.92 Å². The van der Waals surface area contributed by atoms with Crippen LogP contribution in [0.1, 0.15) is 33.6 Å². The Bertz CT molecular complexity index is 301. The van der Waals surface area contributed by atoms with Crippen LogP contribution in [0.25, 0.3) is 0 Å². The van der Waals surface area contributed by atoms with Crippen LogP contribution in [0.15, 0.2) is 0 Å². The maximum atomic E-state index is 5.62. The second kappa shape index (κ2) is 7.85. The largest absolute Gasteiger partial charge is 0.355 e. The summed E-state index contributed by atoms with van der Waals surface area (Å²) in [5.41, 5.74) is -0.340. The molecule has 0 N–H and O–H groups in total. The van der Waals surface area contributed by atoms with Crippen LogP contribution < -0.4 is 0 Å². The van der Waals surface area contributed by atoms with Gasteiger partial charge in [-0.1, -0.05) is 0 Å². The number of ether oxygens (including phenoxy) is 6. The van der Waals surface area contributed by atoms with Crippen LogP contribution >= 0.6 is 0 Å². The summed E-state index contributed by atoms with van der Waals surface area (Å²) in [6.07, 6.45) is 1.75. The average molecular weight is 304 g/mol. The smallest absolute Gasteiger partial charge is 0.147 e. The molecule has 0 aromatic heterocycles. The molecule has 124 valence electrons. The number of hydrogen-bond acceptors (Lipinski definition) is 6. The van der Waals surface area contributed by atoms with Crippen molar-refractivity contribution >= 4 is 0 Å². The van der Waals surface area contributed by atoms with Crippen LogP contribution in [0.4, 0.5) is 0 Å².